The summed E-state index contributed by atoms with van der Waals surface area (Å²) in [5.41, 5.74) is 1.17. The summed E-state index contributed by atoms with van der Waals surface area (Å²) in [7, 11) is 1.66. The van der Waals surface area contributed by atoms with Crippen LogP contribution in [0.25, 0.3) is 0 Å². The van der Waals surface area contributed by atoms with Crippen LogP contribution < -0.4 is 15.0 Å². The Labute approximate surface area is 161 Å². The molecule has 1 amide bonds. The number of piperazine rings is 1. The number of hydrogen-bond donors (Lipinski definition) is 1. The molecule has 2 heterocycles. The van der Waals surface area contributed by atoms with Gasteiger partial charge in [-0.25, -0.2) is 4.98 Å². The van der Waals surface area contributed by atoms with Gasteiger partial charge in [-0.05, 0) is 36.2 Å². The van der Waals surface area contributed by atoms with Gasteiger partial charge in [0, 0.05) is 51.9 Å². The molecule has 1 fully saturated rings. The van der Waals surface area contributed by atoms with E-state index < -0.39 is 0 Å². The van der Waals surface area contributed by atoms with Crippen molar-refractivity contribution >= 4 is 11.7 Å². The van der Waals surface area contributed by atoms with Gasteiger partial charge in [0.25, 0.3) is 0 Å². The van der Waals surface area contributed by atoms with Crippen LogP contribution in [0.2, 0.25) is 0 Å². The number of pyridine rings is 1. The Morgan fingerprint density at radius 3 is 2.74 bits per heavy atom. The van der Waals surface area contributed by atoms with Crippen molar-refractivity contribution in [2.24, 2.45) is 0 Å². The van der Waals surface area contributed by atoms with Crippen LogP contribution in [0.5, 0.6) is 5.75 Å². The first-order chi connectivity index (χ1) is 13.2. The summed E-state index contributed by atoms with van der Waals surface area (Å²) in [5.74, 6) is 2.00. The van der Waals surface area contributed by atoms with Crippen molar-refractivity contribution in [3.8, 4) is 5.75 Å². The van der Waals surface area contributed by atoms with Crippen molar-refractivity contribution in [3.05, 3.63) is 54.2 Å². The molecule has 0 radical (unpaired) electrons. The second-order valence-electron chi connectivity index (χ2n) is 6.72. The molecular formula is C21H28N4O2. The SMILES string of the molecule is COc1cccc(CCNC(=O)CCN2CCN(c3ccccn3)CC2)c1. The first kappa shape index (κ1) is 19.2. The van der Waals surface area contributed by atoms with Gasteiger partial charge in [0.2, 0.25) is 5.91 Å². The fourth-order valence-electron chi connectivity index (χ4n) is 3.26. The summed E-state index contributed by atoms with van der Waals surface area (Å²) in [6, 6.07) is 14.0. The number of ether oxygens (including phenoxy) is 1. The van der Waals surface area contributed by atoms with Crippen LogP contribution >= 0.6 is 0 Å². The average molecular weight is 368 g/mol. The van der Waals surface area contributed by atoms with E-state index in [4.69, 9.17) is 4.74 Å². The maximum atomic E-state index is 12.1. The molecule has 1 aromatic heterocycles. The molecule has 0 spiro atoms. The highest BCUT2D eigenvalue weighted by molar-refractivity contribution is 5.76. The first-order valence-corrected chi connectivity index (χ1v) is 9.52. The van der Waals surface area contributed by atoms with Crippen molar-refractivity contribution in [1.29, 1.82) is 0 Å². The fraction of sp³-hybridized carbons (Fsp3) is 0.429. The lowest BCUT2D eigenvalue weighted by Crippen LogP contribution is -2.47. The molecule has 0 saturated carbocycles. The summed E-state index contributed by atoms with van der Waals surface area (Å²) in [5, 5.41) is 3.02. The molecule has 144 valence electrons. The Morgan fingerprint density at radius 1 is 1.15 bits per heavy atom. The number of carbonyl (C=O) groups excluding carboxylic acids is 1. The Bertz CT molecular complexity index is 715. The largest absolute Gasteiger partial charge is 0.497 e. The zero-order valence-electron chi connectivity index (χ0n) is 15.9. The van der Waals surface area contributed by atoms with E-state index in [2.05, 4.69) is 26.2 Å². The van der Waals surface area contributed by atoms with Crippen molar-refractivity contribution < 1.29 is 9.53 Å². The van der Waals surface area contributed by atoms with Crippen LogP contribution in [0.4, 0.5) is 5.82 Å². The molecule has 6 nitrogen and oxygen atoms in total. The van der Waals surface area contributed by atoms with E-state index in [0.717, 1.165) is 50.7 Å². The van der Waals surface area contributed by atoms with Gasteiger partial charge in [-0.3, -0.25) is 9.69 Å². The van der Waals surface area contributed by atoms with Crippen LogP contribution in [0.1, 0.15) is 12.0 Å². The van der Waals surface area contributed by atoms with E-state index in [1.54, 1.807) is 7.11 Å². The van der Waals surface area contributed by atoms with Crippen LogP contribution in [-0.4, -0.2) is 62.2 Å². The number of carbonyl (C=O) groups is 1. The van der Waals surface area contributed by atoms with Gasteiger partial charge in [0.05, 0.1) is 7.11 Å². The van der Waals surface area contributed by atoms with Gasteiger partial charge in [-0.2, -0.15) is 0 Å². The Hall–Kier alpha value is -2.60. The van der Waals surface area contributed by atoms with Gasteiger partial charge in [0.15, 0.2) is 0 Å². The van der Waals surface area contributed by atoms with Crippen molar-refractivity contribution in [1.82, 2.24) is 15.2 Å². The van der Waals surface area contributed by atoms with Crippen LogP contribution in [0.3, 0.4) is 0 Å². The average Bonchev–Trinajstić information content (AvgIpc) is 2.73. The number of amides is 1. The number of rotatable bonds is 8. The van der Waals surface area contributed by atoms with Crippen molar-refractivity contribution in [3.63, 3.8) is 0 Å². The van der Waals surface area contributed by atoms with Gasteiger partial charge >= 0.3 is 0 Å². The minimum absolute atomic E-state index is 0.116. The number of methoxy groups -OCH3 is 1. The van der Waals surface area contributed by atoms with Crippen LogP contribution in [-0.2, 0) is 11.2 Å². The Kier molecular flexibility index (Phi) is 7.04. The predicted octanol–water partition coefficient (Wildman–Crippen LogP) is 1.96. The second-order valence-corrected chi connectivity index (χ2v) is 6.72. The maximum Gasteiger partial charge on any atom is 0.221 e. The molecule has 0 atom stereocenters. The van der Waals surface area contributed by atoms with Crippen molar-refractivity contribution in [2.45, 2.75) is 12.8 Å². The highest BCUT2D eigenvalue weighted by Crippen LogP contribution is 2.13. The van der Waals surface area contributed by atoms with E-state index in [0.29, 0.717) is 13.0 Å². The molecule has 0 aliphatic carbocycles. The van der Waals surface area contributed by atoms with Crippen LogP contribution in [0.15, 0.2) is 48.7 Å². The second kappa shape index (κ2) is 9.92. The van der Waals surface area contributed by atoms with Gasteiger partial charge in [0.1, 0.15) is 11.6 Å². The third kappa shape index (κ3) is 5.96. The van der Waals surface area contributed by atoms with E-state index in [-0.39, 0.29) is 5.91 Å². The highest BCUT2D eigenvalue weighted by atomic mass is 16.5. The highest BCUT2D eigenvalue weighted by Gasteiger charge is 2.18. The number of nitrogens with one attached hydrogen (secondary N) is 1. The Balaban J connectivity index is 1.31. The number of benzene rings is 1. The zero-order valence-corrected chi connectivity index (χ0v) is 15.9. The maximum absolute atomic E-state index is 12.1. The van der Waals surface area contributed by atoms with Crippen LogP contribution in [0, 0.1) is 0 Å². The lowest BCUT2D eigenvalue weighted by Gasteiger charge is -2.35. The smallest absolute Gasteiger partial charge is 0.221 e. The lowest BCUT2D eigenvalue weighted by atomic mass is 10.1. The third-order valence-electron chi connectivity index (χ3n) is 4.87. The molecule has 1 aliphatic rings. The van der Waals surface area contributed by atoms with Crippen molar-refractivity contribution in [2.75, 3.05) is 51.3 Å². The van der Waals surface area contributed by atoms with E-state index >= 15 is 0 Å². The molecule has 27 heavy (non-hydrogen) atoms. The normalized spacial score (nSPS) is 14.8. The Morgan fingerprint density at radius 2 is 2.00 bits per heavy atom. The van der Waals surface area contributed by atoms with E-state index in [1.165, 1.54) is 5.56 Å². The van der Waals surface area contributed by atoms with Gasteiger partial charge < -0.3 is 15.0 Å². The minimum Gasteiger partial charge on any atom is -0.497 e. The number of anilines is 1. The first-order valence-electron chi connectivity index (χ1n) is 9.52. The quantitative estimate of drug-likeness (QED) is 0.772. The molecule has 3 rings (SSSR count). The molecular weight excluding hydrogens is 340 g/mol. The predicted molar refractivity (Wildman–Crippen MR) is 107 cm³/mol. The molecule has 0 unspecified atom stereocenters. The zero-order chi connectivity index (χ0) is 18.9. The number of nitrogens with zero attached hydrogens (tertiary/aromatic N) is 3. The van der Waals surface area contributed by atoms with E-state index in [1.807, 2.05) is 42.6 Å². The van der Waals surface area contributed by atoms with Gasteiger partial charge in [-0.15, -0.1) is 0 Å². The van der Waals surface area contributed by atoms with Gasteiger partial charge in [-0.1, -0.05) is 18.2 Å². The summed E-state index contributed by atoms with van der Waals surface area (Å²) < 4.78 is 5.22. The third-order valence-corrected chi connectivity index (χ3v) is 4.87. The monoisotopic (exact) mass is 368 g/mol. The standard InChI is InChI=1S/C21H28N4O2/c1-27-19-6-4-5-18(17-19)8-11-23-21(26)9-12-24-13-15-25(16-14-24)20-7-2-3-10-22-20/h2-7,10,17H,8-9,11-16H2,1H3,(H,23,26). The van der Waals surface area contributed by atoms with E-state index in [9.17, 15) is 4.79 Å². The number of hydrogen-bond acceptors (Lipinski definition) is 5. The minimum atomic E-state index is 0.116. The molecule has 1 aliphatic heterocycles. The molecule has 1 aromatic carbocycles. The summed E-state index contributed by atoms with van der Waals surface area (Å²) in [4.78, 5) is 21.2. The molecule has 6 heteroatoms. The molecule has 1 N–H and O–H groups in total. The molecule has 0 bridgehead atoms. The summed E-state index contributed by atoms with van der Waals surface area (Å²) >= 11 is 0. The molecule has 1 saturated heterocycles. The topological polar surface area (TPSA) is 57.7 Å². The number of aromatic nitrogens is 1. The lowest BCUT2D eigenvalue weighted by molar-refractivity contribution is -0.121. The summed E-state index contributed by atoms with van der Waals surface area (Å²) in [6.45, 7) is 5.30. The molecule has 2 aromatic rings. The fourth-order valence-corrected chi connectivity index (χ4v) is 3.26. The summed E-state index contributed by atoms with van der Waals surface area (Å²) in [6.07, 6.45) is 3.19.